The summed E-state index contributed by atoms with van der Waals surface area (Å²) >= 11 is 0. The second kappa shape index (κ2) is 7.78. The molecule has 0 atom stereocenters. The molecule has 0 aliphatic carbocycles. The Morgan fingerprint density at radius 1 is 1.00 bits per heavy atom. The number of hydrogen-bond donors (Lipinski definition) is 1. The van der Waals surface area contributed by atoms with Gasteiger partial charge in [-0.3, -0.25) is 0 Å². The van der Waals surface area contributed by atoms with Crippen molar-refractivity contribution in [2.75, 3.05) is 5.75 Å². The summed E-state index contributed by atoms with van der Waals surface area (Å²) in [5, 5.41) is 2.63. The number of ether oxygens (including phenoxy) is 1. The maximum atomic E-state index is 11.7. The van der Waals surface area contributed by atoms with Crippen molar-refractivity contribution in [3.8, 4) is 0 Å². The Kier molecular flexibility index (Phi) is 5.76. The highest BCUT2D eigenvalue weighted by atomic mass is 32.2. The number of sulfone groups is 1. The third-order valence-corrected chi connectivity index (χ3v) is 5.06. The summed E-state index contributed by atoms with van der Waals surface area (Å²) in [7, 11) is -3.20. The monoisotopic (exact) mass is 333 g/mol. The Morgan fingerprint density at radius 2 is 1.65 bits per heavy atom. The van der Waals surface area contributed by atoms with Crippen LogP contribution in [0.15, 0.2) is 59.5 Å². The SMILES string of the molecule is CCS(=O)(=O)c1ccc(CNC(=O)OCc2ccccc2)cc1. The topological polar surface area (TPSA) is 72.5 Å². The first-order valence-electron chi connectivity index (χ1n) is 7.27. The maximum absolute atomic E-state index is 11.7. The van der Waals surface area contributed by atoms with Crippen molar-refractivity contribution in [1.29, 1.82) is 0 Å². The lowest BCUT2D eigenvalue weighted by Crippen LogP contribution is -2.23. The van der Waals surface area contributed by atoms with Crippen molar-refractivity contribution in [3.05, 3.63) is 65.7 Å². The smallest absolute Gasteiger partial charge is 0.407 e. The second-order valence-electron chi connectivity index (χ2n) is 4.96. The zero-order chi connectivity index (χ0) is 16.7. The van der Waals surface area contributed by atoms with Crippen LogP contribution in [0.25, 0.3) is 0 Å². The molecule has 0 unspecified atom stereocenters. The number of nitrogens with one attached hydrogen (secondary N) is 1. The van der Waals surface area contributed by atoms with Gasteiger partial charge in [0, 0.05) is 6.54 Å². The second-order valence-corrected chi connectivity index (χ2v) is 7.24. The van der Waals surface area contributed by atoms with E-state index in [9.17, 15) is 13.2 Å². The minimum atomic E-state index is -3.20. The number of amides is 1. The summed E-state index contributed by atoms with van der Waals surface area (Å²) < 4.78 is 28.5. The van der Waals surface area contributed by atoms with Gasteiger partial charge in [-0.25, -0.2) is 13.2 Å². The van der Waals surface area contributed by atoms with Gasteiger partial charge in [0.15, 0.2) is 9.84 Å². The van der Waals surface area contributed by atoms with E-state index in [1.807, 2.05) is 30.3 Å². The minimum Gasteiger partial charge on any atom is -0.445 e. The molecule has 0 spiro atoms. The standard InChI is InChI=1S/C17H19NO4S/c1-2-23(20,21)16-10-8-14(9-11-16)12-18-17(19)22-13-15-6-4-3-5-7-15/h3-11H,2,12-13H2,1H3,(H,18,19). The third-order valence-electron chi connectivity index (χ3n) is 3.31. The van der Waals surface area contributed by atoms with Crippen LogP contribution in [0.5, 0.6) is 0 Å². The van der Waals surface area contributed by atoms with Crippen LogP contribution in [0, 0.1) is 0 Å². The summed E-state index contributed by atoms with van der Waals surface area (Å²) in [5.41, 5.74) is 1.72. The Bertz CT molecular complexity index is 740. The molecule has 122 valence electrons. The van der Waals surface area contributed by atoms with E-state index in [1.165, 1.54) is 0 Å². The number of rotatable bonds is 6. The highest BCUT2D eigenvalue weighted by Crippen LogP contribution is 2.12. The van der Waals surface area contributed by atoms with Crippen molar-refractivity contribution in [3.63, 3.8) is 0 Å². The Balaban J connectivity index is 1.82. The molecule has 0 saturated heterocycles. The number of carbonyl (C=O) groups excluding carboxylic acids is 1. The van der Waals surface area contributed by atoms with Crippen molar-refractivity contribution in [2.24, 2.45) is 0 Å². The highest BCUT2D eigenvalue weighted by molar-refractivity contribution is 7.91. The number of carbonyl (C=O) groups is 1. The van der Waals surface area contributed by atoms with Gasteiger partial charge in [-0.1, -0.05) is 49.4 Å². The first-order valence-corrected chi connectivity index (χ1v) is 8.93. The fourth-order valence-corrected chi connectivity index (χ4v) is 2.81. The largest absolute Gasteiger partial charge is 0.445 e. The van der Waals surface area contributed by atoms with E-state index in [2.05, 4.69) is 5.32 Å². The number of hydrogen-bond acceptors (Lipinski definition) is 4. The lowest BCUT2D eigenvalue weighted by atomic mass is 10.2. The van der Waals surface area contributed by atoms with Crippen molar-refractivity contribution in [1.82, 2.24) is 5.32 Å². The zero-order valence-corrected chi connectivity index (χ0v) is 13.7. The van der Waals surface area contributed by atoms with E-state index in [0.29, 0.717) is 0 Å². The van der Waals surface area contributed by atoms with E-state index >= 15 is 0 Å². The molecule has 0 aromatic heterocycles. The van der Waals surface area contributed by atoms with Gasteiger partial charge in [-0.05, 0) is 23.3 Å². The fraction of sp³-hybridized carbons (Fsp3) is 0.235. The molecule has 0 saturated carbocycles. The molecule has 5 nitrogen and oxygen atoms in total. The highest BCUT2D eigenvalue weighted by Gasteiger charge is 2.11. The van der Waals surface area contributed by atoms with Crippen LogP contribution in [0.1, 0.15) is 18.1 Å². The molecule has 6 heteroatoms. The average molecular weight is 333 g/mol. The average Bonchev–Trinajstić information content (AvgIpc) is 2.59. The van der Waals surface area contributed by atoms with Gasteiger partial charge in [0.2, 0.25) is 0 Å². The first-order chi connectivity index (χ1) is 11.0. The lowest BCUT2D eigenvalue weighted by molar-refractivity contribution is 0.139. The van der Waals surface area contributed by atoms with Crippen LogP contribution in [-0.4, -0.2) is 20.3 Å². The molecule has 0 aliphatic heterocycles. The van der Waals surface area contributed by atoms with Crippen LogP contribution in [0.2, 0.25) is 0 Å². The summed E-state index contributed by atoms with van der Waals surface area (Å²) in [6, 6.07) is 15.9. The van der Waals surface area contributed by atoms with E-state index in [1.54, 1.807) is 31.2 Å². The summed E-state index contributed by atoms with van der Waals surface area (Å²) in [4.78, 5) is 11.9. The summed E-state index contributed by atoms with van der Waals surface area (Å²) in [6.45, 7) is 2.09. The van der Waals surface area contributed by atoms with Crippen LogP contribution in [-0.2, 0) is 27.7 Å². The van der Waals surface area contributed by atoms with Gasteiger partial charge in [-0.2, -0.15) is 0 Å². The predicted molar refractivity (Wildman–Crippen MR) is 87.6 cm³/mol. The van der Waals surface area contributed by atoms with Crippen LogP contribution < -0.4 is 5.32 Å². The van der Waals surface area contributed by atoms with Crippen LogP contribution >= 0.6 is 0 Å². The normalized spacial score (nSPS) is 11.0. The molecule has 23 heavy (non-hydrogen) atoms. The number of alkyl carbamates (subject to hydrolysis) is 1. The van der Waals surface area contributed by atoms with Gasteiger partial charge < -0.3 is 10.1 Å². The Hall–Kier alpha value is -2.34. The molecular formula is C17H19NO4S. The van der Waals surface area contributed by atoms with E-state index in [4.69, 9.17) is 4.74 Å². The maximum Gasteiger partial charge on any atom is 0.407 e. The lowest BCUT2D eigenvalue weighted by Gasteiger charge is -2.08. The molecule has 2 aromatic carbocycles. The Labute approximate surface area is 136 Å². The summed E-state index contributed by atoms with van der Waals surface area (Å²) in [5.74, 6) is 0.0659. The molecule has 0 fully saturated rings. The molecule has 0 radical (unpaired) electrons. The molecule has 0 aliphatic rings. The van der Waals surface area contributed by atoms with Crippen molar-refractivity contribution in [2.45, 2.75) is 25.0 Å². The predicted octanol–water partition coefficient (Wildman–Crippen LogP) is 2.91. The minimum absolute atomic E-state index is 0.0659. The molecule has 0 bridgehead atoms. The first kappa shape index (κ1) is 17.0. The van der Waals surface area contributed by atoms with Gasteiger partial charge in [0.25, 0.3) is 0 Å². The van der Waals surface area contributed by atoms with E-state index < -0.39 is 15.9 Å². The fourth-order valence-electron chi connectivity index (χ4n) is 1.93. The van der Waals surface area contributed by atoms with Crippen LogP contribution in [0.3, 0.4) is 0 Å². The quantitative estimate of drug-likeness (QED) is 0.882. The van der Waals surface area contributed by atoms with Gasteiger partial charge in [0.1, 0.15) is 6.61 Å². The van der Waals surface area contributed by atoms with Crippen molar-refractivity contribution < 1.29 is 17.9 Å². The molecule has 1 N–H and O–H groups in total. The van der Waals surface area contributed by atoms with E-state index in [0.717, 1.165) is 11.1 Å². The van der Waals surface area contributed by atoms with Gasteiger partial charge in [0.05, 0.1) is 10.6 Å². The molecular weight excluding hydrogens is 314 g/mol. The van der Waals surface area contributed by atoms with Gasteiger partial charge in [-0.15, -0.1) is 0 Å². The van der Waals surface area contributed by atoms with Gasteiger partial charge >= 0.3 is 6.09 Å². The molecule has 1 amide bonds. The third kappa shape index (κ3) is 5.10. The summed E-state index contributed by atoms with van der Waals surface area (Å²) in [6.07, 6.45) is -0.515. The van der Waals surface area contributed by atoms with Crippen LogP contribution in [0.4, 0.5) is 4.79 Å². The molecule has 0 heterocycles. The molecule has 2 rings (SSSR count). The zero-order valence-electron chi connectivity index (χ0n) is 12.9. The van der Waals surface area contributed by atoms with Crippen molar-refractivity contribution >= 4 is 15.9 Å². The number of benzene rings is 2. The molecule has 2 aromatic rings. The van der Waals surface area contributed by atoms with E-state index in [-0.39, 0.29) is 23.8 Å². The Morgan fingerprint density at radius 3 is 2.26 bits per heavy atom.